The van der Waals surface area contributed by atoms with Crippen LogP contribution >= 0.6 is 0 Å². The topological polar surface area (TPSA) is 91.0 Å². The maximum absolute atomic E-state index is 12.4. The molecule has 0 N–H and O–H groups in total. The van der Waals surface area contributed by atoms with Gasteiger partial charge in [-0.15, -0.1) is 0 Å². The van der Waals surface area contributed by atoms with Gasteiger partial charge in [-0.25, -0.2) is 9.79 Å². The van der Waals surface area contributed by atoms with E-state index in [-0.39, 0.29) is 17.3 Å². The van der Waals surface area contributed by atoms with Crippen LogP contribution in [0.2, 0.25) is 0 Å². The van der Waals surface area contributed by atoms with Crippen LogP contribution in [-0.4, -0.2) is 16.8 Å². The van der Waals surface area contributed by atoms with Gasteiger partial charge in [0.25, 0.3) is 5.69 Å². The zero-order chi connectivity index (χ0) is 22.7. The number of ether oxygens (including phenoxy) is 2. The molecule has 0 spiro atoms. The zero-order valence-corrected chi connectivity index (χ0v) is 17.6. The molecule has 0 aromatic heterocycles. The molecule has 0 atom stereocenters. The van der Waals surface area contributed by atoms with E-state index in [1.165, 1.54) is 12.1 Å². The first-order valence-corrected chi connectivity index (χ1v) is 9.96. The lowest BCUT2D eigenvalue weighted by Gasteiger charge is -2.09. The fraction of sp³-hybridized carbons (Fsp3) is 0.120. The Morgan fingerprint density at radius 1 is 1.06 bits per heavy atom. The van der Waals surface area contributed by atoms with E-state index in [1.54, 1.807) is 19.1 Å². The number of rotatable bonds is 6. The number of carbonyl (C=O) groups is 1. The molecule has 4 rings (SSSR count). The van der Waals surface area contributed by atoms with Gasteiger partial charge in [0.05, 0.1) is 4.92 Å². The summed E-state index contributed by atoms with van der Waals surface area (Å²) in [7, 11) is 0. The summed E-state index contributed by atoms with van der Waals surface area (Å²) in [6.45, 7) is 4.06. The third-order valence-corrected chi connectivity index (χ3v) is 5.17. The zero-order valence-electron chi connectivity index (χ0n) is 17.6. The summed E-state index contributed by atoms with van der Waals surface area (Å²) in [6.07, 6.45) is 1.60. The van der Waals surface area contributed by atoms with Crippen LogP contribution in [0.15, 0.2) is 77.4 Å². The van der Waals surface area contributed by atoms with Gasteiger partial charge < -0.3 is 9.47 Å². The Labute approximate surface area is 184 Å². The lowest BCUT2D eigenvalue weighted by Crippen LogP contribution is -2.08. The average Bonchev–Trinajstić information content (AvgIpc) is 3.13. The molecular weight excluding hydrogens is 408 g/mol. The predicted octanol–water partition coefficient (Wildman–Crippen LogP) is 5.14. The molecule has 1 heterocycles. The van der Waals surface area contributed by atoms with Gasteiger partial charge in [-0.2, -0.15) is 0 Å². The fourth-order valence-corrected chi connectivity index (χ4v) is 3.36. The summed E-state index contributed by atoms with van der Waals surface area (Å²) in [6, 6.07) is 19.9. The molecule has 32 heavy (non-hydrogen) atoms. The molecule has 0 unspecified atom stereocenters. The van der Waals surface area contributed by atoms with Crippen molar-refractivity contribution >= 4 is 23.6 Å². The van der Waals surface area contributed by atoms with Gasteiger partial charge in [-0.1, -0.05) is 42.5 Å². The molecule has 0 amide bonds. The van der Waals surface area contributed by atoms with E-state index in [0.29, 0.717) is 23.5 Å². The molecule has 0 bridgehead atoms. The Kier molecular flexibility index (Phi) is 5.81. The Hall–Kier alpha value is -4.26. The first-order chi connectivity index (χ1) is 15.4. The lowest BCUT2D eigenvalue weighted by molar-refractivity contribution is -0.385. The SMILES string of the molecule is Cc1ccccc1COc1cccc(/C=C2\N=C(c3cccc([N+](=O)[O-])c3C)OC2=O)c1. The molecule has 0 aliphatic carbocycles. The third-order valence-electron chi connectivity index (χ3n) is 5.17. The largest absolute Gasteiger partial charge is 0.489 e. The van der Waals surface area contributed by atoms with Gasteiger partial charge in [0.15, 0.2) is 5.70 Å². The molecule has 7 nitrogen and oxygen atoms in total. The molecule has 3 aromatic carbocycles. The smallest absolute Gasteiger partial charge is 0.363 e. The van der Waals surface area contributed by atoms with E-state index in [9.17, 15) is 14.9 Å². The van der Waals surface area contributed by atoms with Crippen molar-refractivity contribution in [1.29, 1.82) is 0 Å². The summed E-state index contributed by atoms with van der Waals surface area (Å²) < 4.78 is 11.2. The summed E-state index contributed by atoms with van der Waals surface area (Å²) in [5.41, 5.74) is 3.82. The maximum Gasteiger partial charge on any atom is 0.363 e. The van der Waals surface area contributed by atoms with Crippen molar-refractivity contribution < 1.29 is 19.2 Å². The normalized spacial score (nSPS) is 14.2. The number of aryl methyl sites for hydroxylation is 1. The minimum absolute atomic E-state index is 0.0504. The second-order valence-electron chi connectivity index (χ2n) is 7.33. The van der Waals surface area contributed by atoms with Crippen molar-refractivity contribution in [3.63, 3.8) is 0 Å². The van der Waals surface area contributed by atoms with Crippen molar-refractivity contribution in [2.75, 3.05) is 0 Å². The van der Waals surface area contributed by atoms with Crippen LogP contribution in [0.5, 0.6) is 5.75 Å². The van der Waals surface area contributed by atoms with E-state index in [2.05, 4.69) is 4.99 Å². The highest BCUT2D eigenvalue weighted by Gasteiger charge is 2.27. The monoisotopic (exact) mass is 428 g/mol. The Balaban J connectivity index is 1.57. The van der Waals surface area contributed by atoms with Gasteiger partial charge in [0, 0.05) is 17.2 Å². The summed E-state index contributed by atoms with van der Waals surface area (Å²) in [4.78, 5) is 27.3. The van der Waals surface area contributed by atoms with Crippen molar-refractivity contribution in [1.82, 2.24) is 0 Å². The molecule has 0 radical (unpaired) electrons. The first kappa shape index (κ1) is 21.0. The number of nitro groups is 1. The Morgan fingerprint density at radius 2 is 1.84 bits per heavy atom. The second-order valence-corrected chi connectivity index (χ2v) is 7.33. The maximum atomic E-state index is 12.4. The van der Waals surface area contributed by atoms with Gasteiger partial charge in [0.1, 0.15) is 12.4 Å². The Bertz CT molecular complexity index is 1280. The quantitative estimate of drug-likeness (QED) is 0.235. The minimum Gasteiger partial charge on any atom is -0.489 e. The van der Waals surface area contributed by atoms with E-state index < -0.39 is 10.9 Å². The number of carbonyl (C=O) groups excluding carboxylic acids is 1. The number of aliphatic imine (C=N–C) groups is 1. The molecule has 7 heteroatoms. The van der Waals surface area contributed by atoms with E-state index >= 15 is 0 Å². The van der Waals surface area contributed by atoms with E-state index in [0.717, 1.165) is 16.7 Å². The first-order valence-electron chi connectivity index (χ1n) is 9.96. The number of benzene rings is 3. The Morgan fingerprint density at radius 3 is 2.62 bits per heavy atom. The van der Waals surface area contributed by atoms with Crippen molar-refractivity contribution in [3.05, 3.63) is 110 Å². The molecule has 0 saturated heterocycles. The number of nitrogens with zero attached hydrogens (tertiary/aromatic N) is 2. The van der Waals surface area contributed by atoms with Gasteiger partial charge >= 0.3 is 5.97 Å². The predicted molar refractivity (Wildman–Crippen MR) is 120 cm³/mol. The highest BCUT2D eigenvalue weighted by Crippen LogP contribution is 2.26. The molecule has 0 saturated carbocycles. The van der Waals surface area contributed by atoms with Gasteiger partial charge in [-0.05, 0) is 54.8 Å². The third kappa shape index (κ3) is 4.41. The van der Waals surface area contributed by atoms with Crippen LogP contribution in [0.4, 0.5) is 5.69 Å². The van der Waals surface area contributed by atoms with E-state index in [4.69, 9.17) is 9.47 Å². The van der Waals surface area contributed by atoms with E-state index in [1.807, 2.05) is 55.5 Å². The number of esters is 1. The van der Waals surface area contributed by atoms with Crippen molar-refractivity contribution in [3.8, 4) is 5.75 Å². The van der Waals surface area contributed by atoms with Crippen LogP contribution in [0.3, 0.4) is 0 Å². The molecule has 1 aliphatic heterocycles. The number of hydrogen-bond acceptors (Lipinski definition) is 6. The summed E-state index contributed by atoms with van der Waals surface area (Å²) >= 11 is 0. The van der Waals surface area contributed by atoms with Crippen LogP contribution < -0.4 is 4.74 Å². The molecule has 0 fully saturated rings. The fourth-order valence-electron chi connectivity index (χ4n) is 3.36. The standard InChI is InChI=1S/C25H20N2O5/c1-16-7-3-4-9-19(16)15-31-20-10-5-8-18(13-20)14-22-25(28)32-24(26-22)21-11-6-12-23(17(21)2)27(29)30/h3-14H,15H2,1-2H3/b22-14-. The minimum atomic E-state index is -0.614. The molecule has 1 aliphatic rings. The summed E-state index contributed by atoms with van der Waals surface area (Å²) in [5, 5.41) is 11.2. The highest BCUT2D eigenvalue weighted by molar-refractivity contribution is 6.13. The van der Waals surface area contributed by atoms with Crippen LogP contribution in [-0.2, 0) is 16.1 Å². The number of nitro benzene ring substituents is 1. The summed E-state index contributed by atoms with van der Waals surface area (Å²) in [5.74, 6) is 0.0965. The van der Waals surface area contributed by atoms with Gasteiger partial charge in [0.2, 0.25) is 5.90 Å². The highest BCUT2D eigenvalue weighted by atomic mass is 16.6. The second kappa shape index (κ2) is 8.85. The van der Waals surface area contributed by atoms with Gasteiger partial charge in [-0.3, -0.25) is 10.1 Å². The van der Waals surface area contributed by atoms with Crippen molar-refractivity contribution in [2.24, 2.45) is 4.99 Å². The average molecular weight is 428 g/mol. The van der Waals surface area contributed by atoms with Crippen molar-refractivity contribution in [2.45, 2.75) is 20.5 Å². The molecule has 160 valence electrons. The number of cyclic esters (lactones) is 1. The molecule has 3 aromatic rings. The van der Waals surface area contributed by atoms with Crippen LogP contribution in [0, 0.1) is 24.0 Å². The molecular formula is C25H20N2O5. The van der Waals surface area contributed by atoms with Crippen LogP contribution in [0.1, 0.15) is 27.8 Å². The number of hydrogen-bond donors (Lipinski definition) is 0. The van der Waals surface area contributed by atoms with Crippen LogP contribution in [0.25, 0.3) is 6.08 Å². The lowest BCUT2D eigenvalue weighted by atomic mass is 10.1.